The fourth-order valence-electron chi connectivity index (χ4n) is 3.62. The van der Waals surface area contributed by atoms with E-state index in [1.54, 1.807) is 29.2 Å². The fourth-order valence-corrected chi connectivity index (χ4v) is 3.84. The summed E-state index contributed by atoms with van der Waals surface area (Å²) in [5.41, 5.74) is 0.356. The monoisotopic (exact) mass is 377 g/mol. The van der Waals surface area contributed by atoms with E-state index in [0.717, 1.165) is 25.7 Å². The number of hydrogen-bond acceptors (Lipinski definition) is 3. The zero-order valence-corrected chi connectivity index (χ0v) is 15.5. The number of hydrogen-bond donors (Lipinski definition) is 1. The summed E-state index contributed by atoms with van der Waals surface area (Å²) < 4.78 is 0. The summed E-state index contributed by atoms with van der Waals surface area (Å²) in [5, 5.41) is 2.98. The molecule has 0 spiro atoms. The average Bonchev–Trinajstić information content (AvgIpc) is 3.20. The Labute approximate surface area is 158 Å². The van der Waals surface area contributed by atoms with Crippen molar-refractivity contribution in [3.63, 3.8) is 0 Å². The molecule has 1 N–H and O–H groups in total. The van der Waals surface area contributed by atoms with Gasteiger partial charge in [-0.2, -0.15) is 0 Å². The number of piperazine rings is 1. The fraction of sp³-hybridized carbons (Fsp3) is 0.526. The molecule has 0 aromatic heterocycles. The van der Waals surface area contributed by atoms with E-state index in [-0.39, 0.29) is 30.2 Å². The summed E-state index contributed by atoms with van der Waals surface area (Å²) >= 11 is 5.99. The van der Waals surface area contributed by atoms with Crippen molar-refractivity contribution in [3.05, 3.63) is 34.9 Å². The largest absolute Gasteiger partial charge is 0.343 e. The Kier molecular flexibility index (Phi) is 6.14. The van der Waals surface area contributed by atoms with Crippen LogP contribution in [0.15, 0.2) is 24.3 Å². The lowest BCUT2D eigenvalue weighted by atomic mass is 10.1. The van der Waals surface area contributed by atoms with Crippen LogP contribution >= 0.6 is 11.6 Å². The number of nitrogens with one attached hydrogen (secondary N) is 1. The molecule has 6 nitrogen and oxygen atoms in total. The Morgan fingerprint density at radius 2 is 1.62 bits per heavy atom. The molecule has 2 fully saturated rings. The molecular weight excluding hydrogens is 354 g/mol. The molecule has 26 heavy (non-hydrogen) atoms. The molecule has 0 bridgehead atoms. The van der Waals surface area contributed by atoms with Crippen LogP contribution in [0.5, 0.6) is 0 Å². The molecule has 1 saturated carbocycles. The van der Waals surface area contributed by atoms with Gasteiger partial charge in [0, 0.05) is 32.1 Å². The van der Waals surface area contributed by atoms with E-state index in [1.807, 2.05) is 4.90 Å². The van der Waals surface area contributed by atoms with Crippen LogP contribution in [0.4, 0.5) is 0 Å². The molecular formula is C19H24ClN3O3. The topological polar surface area (TPSA) is 69.7 Å². The molecule has 7 heteroatoms. The molecule has 0 atom stereocenters. The maximum absolute atomic E-state index is 12.4. The van der Waals surface area contributed by atoms with Crippen molar-refractivity contribution in [1.82, 2.24) is 15.1 Å². The van der Waals surface area contributed by atoms with E-state index in [4.69, 9.17) is 11.6 Å². The predicted molar refractivity (Wildman–Crippen MR) is 98.9 cm³/mol. The smallest absolute Gasteiger partial charge is 0.253 e. The van der Waals surface area contributed by atoms with Crippen molar-refractivity contribution in [1.29, 1.82) is 0 Å². The second-order valence-electron chi connectivity index (χ2n) is 6.85. The lowest BCUT2D eigenvalue weighted by Crippen LogP contribution is -2.53. The summed E-state index contributed by atoms with van der Waals surface area (Å²) in [6, 6.07) is 6.73. The van der Waals surface area contributed by atoms with Gasteiger partial charge in [0.05, 0.1) is 17.1 Å². The van der Waals surface area contributed by atoms with Gasteiger partial charge in [-0.15, -0.1) is 0 Å². The van der Waals surface area contributed by atoms with E-state index in [9.17, 15) is 14.4 Å². The minimum absolute atomic E-state index is 0.0688. The number of halogens is 1. The lowest BCUT2D eigenvalue weighted by molar-refractivity contribution is -0.141. The quantitative estimate of drug-likeness (QED) is 0.871. The molecule has 1 aromatic carbocycles. The first-order chi connectivity index (χ1) is 12.6. The van der Waals surface area contributed by atoms with Gasteiger partial charge in [-0.3, -0.25) is 14.4 Å². The van der Waals surface area contributed by atoms with E-state index in [2.05, 4.69) is 5.32 Å². The zero-order valence-electron chi connectivity index (χ0n) is 14.7. The first kappa shape index (κ1) is 18.7. The Morgan fingerprint density at radius 1 is 1.00 bits per heavy atom. The van der Waals surface area contributed by atoms with Gasteiger partial charge in [0.2, 0.25) is 11.8 Å². The van der Waals surface area contributed by atoms with Gasteiger partial charge in [0.25, 0.3) is 5.91 Å². The first-order valence-electron chi connectivity index (χ1n) is 9.15. The van der Waals surface area contributed by atoms with E-state index in [0.29, 0.717) is 36.8 Å². The van der Waals surface area contributed by atoms with Gasteiger partial charge in [-0.1, -0.05) is 36.6 Å². The molecule has 3 rings (SSSR count). The number of nitrogens with zero attached hydrogens (tertiary/aromatic N) is 2. The Hall–Kier alpha value is -2.08. The van der Waals surface area contributed by atoms with E-state index >= 15 is 0 Å². The maximum atomic E-state index is 12.4. The van der Waals surface area contributed by atoms with Crippen LogP contribution in [-0.2, 0) is 9.59 Å². The number of carbonyl (C=O) groups excluding carboxylic acids is 3. The summed E-state index contributed by atoms with van der Waals surface area (Å²) in [7, 11) is 0. The predicted octanol–water partition coefficient (Wildman–Crippen LogP) is 1.93. The van der Waals surface area contributed by atoms with E-state index < -0.39 is 0 Å². The first-order valence-corrected chi connectivity index (χ1v) is 9.53. The van der Waals surface area contributed by atoms with Crippen LogP contribution in [0.1, 0.15) is 36.0 Å². The molecule has 1 saturated heterocycles. The minimum atomic E-state index is -0.362. The van der Waals surface area contributed by atoms with Gasteiger partial charge >= 0.3 is 0 Å². The van der Waals surface area contributed by atoms with Crippen molar-refractivity contribution in [2.75, 3.05) is 32.7 Å². The molecule has 1 aromatic rings. The molecule has 0 radical (unpaired) electrons. The summed E-state index contributed by atoms with van der Waals surface area (Å²) in [5.74, 6) is -0.0915. The maximum Gasteiger partial charge on any atom is 0.253 e. The van der Waals surface area contributed by atoms with Crippen LogP contribution in [0.25, 0.3) is 0 Å². The number of amides is 3. The highest BCUT2D eigenvalue weighted by Crippen LogP contribution is 2.26. The van der Waals surface area contributed by atoms with Gasteiger partial charge in [0.15, 0.2) is 0 Å². The highest BCUT2D eigenvalue weighted by atomic mass is 35.5. The van der Waals surface area contributed by atoms with Crippen LogP contribution in [0.3, 0.4) is 0 Å². The minimum Gasteiger partial charge on any atom is -0.343 e. The summed E-state index contributed by atoms with van der Waals surface area (Å²) in [6.07, 6.45) is 4.26. The van der Waals surface area contributed by atoms with Crippen molar-refractivity contribution in [2.45, 2.75) is 25.7 Å². The SMILES string of the molecule is O=C(NCC(=O)N1CCN(C(=O)C2CCCC2)CC1)c1ccccc1Cl. The molecule has 1 aliphatic carbocycles. The lowest BCUT2D eigenvalue weighted by Gasteiger charge is -2.36. The normalized spacial score (nSPS) is 18.0. The third-order valence-corrected chi connectivity index (χ3v) is 5.50. The molecule has 1 aliphatic heterocycles. The van der Waals surface area contributed by atoms with Crippen LogP contribution in [0, 0.1) is 5.92 Å². The molecule has 3 amide bonds. The van der Waals surface area contributed by atoms with Crippen molar-refractivity contribution in [2.24, 2.45) is 5.92 Å². The van der Waals surface area contributed by atoms with Gasteiger partial charge < -0.3 is 15.1 Å². The summed E-state index contributed by atoms with van der Waals surface area (Å²) in [4.78, 5) is 40.5. The number of carbonyl (C=O) groups is 3. The van der Waals surface area contributed by atoms with Crippen LogP contribution in [-0.4, -0.2) is 60.2 Å². The molecule has 140 valence electrons. The van der Waals surface area contributed by atoms with Crippen molar-refractivity contribution in [3.8, 4) is 0 Å². The third kappa shape index (κ3) is 4.36. The number of rotatable bonds is 4. The highest BCUT2D eigenvalue weighted by molar-refractivity contribution is 6.33. The van der Waals surface area contributed by atoms with E-state index in [1.165, 1.54) is 0 Å². The third-order valence-electron chi connectivity index (χ3n) is 5.17. The van der Waals surface area contributed by atoms with Gasteiger partial charge in [-0.05, 0) is 25.0 Å². The highest BCUT2D eigenvalue weighted by Gasteiger charge is 2.30. The van der Waals surface area contributed by atoms with Crippen molar-refractivity contribution >= 4 is 29.3 Å². The Balaban J connectivity index is 1.44. The number of benzene rings is 1. The standard InChI is InChI=1S/C19H24ClN3O3/c20-16-8-4-3-7-15(16)18(25)21-13-17(24)22-9-11-23(12-10-22)19(26)14-5-1-2-6-14/h3-4,7-8,14H,1-2,5-6,9-13H2,(H,21,25). The molecule has 0 unspecified atom stereocenters. The zero-order chi connectivity index (χ0) is 18.5. The Morgan fingerprint density at radius 3 is 2.27 bits per heavy atom. The summed E-state index contributed by atoms with van der Waals surface area (Å²) in [6.45, 7) is 2.10. The second kappa shape index (κ2) is 8.54. The van der Waals surface area contributed by atoms with Gasteiger partial charge in [0.1, 0.15) is 0 Å². The average molecular weight is 378 g/mol. The van der Waals surface area contributed by atoms with Crippen molar-refractivity contribution < 1.29 is 14.4 Å². The molecule has 1 heterocycles. The Bertz CT molecular complexity index is 680. The van der Waals surface area contributed by atoms with Crippen LogP contribution < -0.4 is 5.32 Å². The second-order valence-corrected chi connectivity index (χ2v) is 7.26. The van der Waals surface area contributed by atoms with Crippen LogP contribution in [0.2, 0.25) is 5.02 Å². The van der Waals surface area contributed by atoms with Gasteiger partial charge in [-0.25, -0.2) is 0 Å². The molecule has 2 aliphatic rings.